The molecule has 1 atom stereocenters. The number of hydrogen-bond acceptors (Lipinski definition) is 5. The van der Waals surface area contributed by atoms with Gasteiger partial charge >= 0.3 is 0 Å². The Kier molecular flexibility index (Phi) is 6.86. The molecule has 2 aromatic carbocycles. The van der Waals surface area contributed by atoms with Gasteiger partial charge in [0.05, 0.1) is 12.0 Å². The van der Waals surface area contributed by atoms with Gasteiger partial charge in [0.15, 0.2) is 0 Å². The second-order valence-corrected chi connectivity index (χ2v) is 6.01. The zero-order valence-corrected chi connectivity index (χ0v) is 14.9. The van der Waals surface area contributed by atoms with Crippen LogP contribution in [0.2, 0.25) is 0 Å². The number of rotatable bonds is 7. The highest BCUT2D eigenvalue weighted by molar-refractivity contribution is 6.02. The van der Waals surface area contributed by atoms with E-state index in [-0.39, 0.29) is 17.9 Å². The van der Waals surface area contributed by atoms with Crippen LogP contribution >= 0.6 is 0 Å². The van der Waals surface area contributed by atoms with Crippen LogP contribution in [-0.2, 0) is 20.8 Å². The van der Waals surface area contributed by atoms with E-state index in [9.17, 15) is 29.0 Å². The summed E-state index contributed by atoms with van der Waals surface area (Å²) >= 11 is 0. The first-order valence-corrected chi connectivity index (χ1v) is 8.29. The Morgan fingerprint density at radius 2 is 1.71 bits per heavy atom. The lowest BCUT2D eigenvalue weighted by Crippen LogP contribution is -2.50. The van der Waals surface area contributed by atoms with Crippen molar-refractivity contribution in [2.45, 2.75) is 19.4 Å². The van der Waals surface area contributed by atoms with Crippen molar-refractivity contribution in [2.75, 3.05) is 0 Å². The lowest BCUT2D eigenvalue weighted by molar-refractivity contribution is -0.308. The topological polar surface area (TPSA) is 119 Å². The van der Waals surface area contributed by atoms with E-state index >= 15 is 0 Å². The van der Waals surface area contributed by atoms with Crippen LogP contribution in [0, 0.1) is 5.82 Å². The fourth-order valence-corrected chi connectivity index (χ4v) is 2.37. The van der Waals surface area contributed by atoms with Crippen LogP contribution in [0.25, 0.3) is 6.08 Å². The van der Waals surface area contributed by atoms with Gasteiger partial charge in [0.25, 0.3) is 5.91 Å². The van der Waals surface area contributed by atoms with E-state index in [1.807, 2.05) is 0 Å². The molecule has 0 heterocycles. The van der Waals surface area contributed by atoms with Crippen molar-refractivity contribution in [3.63, 3.8) is 0 Å². The highest BCUT2D eigenvalue weighted by atomic mass is 19.1. The van der Waals surface area contributed by atoms with E-state index < -0.39 is 29.6 Å². The minimum absolute atomic E-state index is 0.0213. The number of nitrogens with one attached hydrogen (secondary N) is 2. The summed E-state index contributed by atoms with van der Waals surface area (Å²) < 4.78 is 13.0. The first kappa shape index (κ1) is 20.6. The number of amides is 2. The van der Waals surface area contributed by atoms with Crippen LogP contribution in [0.1, 0.15) is 18.1 Å². The first-order chi connectivity index (χ1) is 13.2. The van der Waals surface area contributed by atoms with E-state index in [4.69, 9.17) is 0 Å². The van der Waals surface area contributed by atoms with E-state index in [1.165, 1.54) is 61.5 Å². The first-order valence-electron chi connectivity index (χ1n) is 8.29. The molecule has 0 fully saturated rings. The highest BCUT2D eigenvalue weighted by Crippen LogP contribution is 2.12. The molecule has 0 aliphatic carbocycles. The van der Waals surface area contributed by atoms with E-state index in [0.717, 1.165) is 0 Å². The number of aliphatic carboxylic acids is 1. The van der Waals surface area contributed by atoms with Gasteiger partial charge in [0.1, 0.15) is 17.3 Å². The Morgan fingerprint density at radius 3 is 2.25 bits per heavy atom. The monoisotopic (exact) mass is 385 g/mol. The summed E-state index contributed by atoms with van der Waals surface area (Å²) in [7, 11) is 0. The number of benzene rings is 2. The molecule has 0 aliphatic heterocycles. The third-order valence-electron chi connectivity index (χ3n) is 3.70. The van der Waals surface area contributed by atoms with Gasteiger partial charge in [-0.2, -0.15) is 0 Å². The number of halogens is 1. The lowest BCUT2D eigenvalue weighted by Gasteiger charge is -2.21. The second kappa shape index (κ2) is 9.31. The number of carboxylic acids is 1. The molecule has 146 valence electrons. The minimum atomic E-state index is -1.51. The summed E-state index contributed by atoms with van der Waals surface area (Å²) in [5.41, 5.74) is 0.788. The number of phenolic OH excluding ortho intramolecular Hbond substituents is 1. The van der Waals surface area contributed by atoms with Gasteiger partial charge in [-0.25, -0.2) is 4.39 Å². The Bertz CT molecular complexity index is 892. The zero-order chi connectivity index (χ0) is 20.7. The van der Waals surface area contributed by atoms with Crippen molar-refractivity contribution >= 4 is 23.9 Å². The van der Waals surface area contributed by atoms with Crippen molar-refractivity contribution in [2.24, 2.45) is 0 Å². The average molecular weight is 385 g/mol. The molecule has 2 aromatic rings. The third kappa shape index (κ3) is 6.24. The number of aromatic hydroxyl groups is 1. The zero-order valence-electron chi connectivity index (χ0n) is 14.9. The van der Waals surface area contributed by atoms with Crippen LogP contribution in [0.4, 0.5) is 4.39 Å². The Hall–Kier alpha value is -3.68. The third-order valence-corrected chi connectivity index (χ3v) is 3.70. The van der Waals surface area contributed by atoms with Gasteiger partial charge in [0.2, 0.25) is 5.91 Å². The number of hydrogen-bond donors (Lipinski definition) is 3. The fraction of sp³-hybridized carbons (Fsp3) is 0.150. The minimum Gasteiger partial charge on any atom is -0.548 e. The molecular weight excluding hydrogens is 367 g/mol. The molecule has 0 aliphatic rings. The predicted molar refractivity (Wildman–Crippen MR) is 96.9 cm³/mol. The largest absolute Gasteiger partial charge is 0.548 e. The van der Waals surface area contributed by atoms with Crippen LogP contribution in [-0.4, -0.2) is 28.9 Å². The summed E-state index contributed by atoms with van der Waals surface area (Å²) in [6, 6.07) is 9.60. The molecular formula is C20H18FN2O5-. The van der Waals surface area contributed by atoms with Crippen molar-refractivity contribution < 1.29 is 29.0 Å². The van der Waals surface area contributed by atoms with Crippen molar-refractivity contribution in [3.05, 3.63) is 71.2 Å². The van der Waals surface area contributed by atoms with E-state index in [1.54, 1.807) is 0 Å². The molecule has 0 spiro atoms. The maximum absolute atomic E-state index is 13.0. The predicted octanol–water partition coefficient (Wildman–Crippen LogP) is 0.486. The Morgan fingerprint density at radius 1 is 1.11 bits per heavy atom. The standard InChI is InChI=1S/C20H19FN2O5/c1-12(24)22-17(10-13-2-6-15(21)7-3-13)19(26)23-18(20(27)28)11-14-4-8-16(25)9-5-14/h2-10,18,25H,11H2,1H3,(H,22,24)(H,23,26)(H,27,28)/p-1/b17-10-/t18-/m0/s1. The number of carbonyl (C=O) groups excluding carboxylic acids is 3. The van der Waals surface area contributed by atoms with E-state index in [2.05, 4.69) is 10.6 Å². The highest BCUT2D eigenvalue weighted by Gasteiger charge is 2.18. The molecule has 3 N–H and O–H groups in total. The van der Waals surface area contributed by atoms with Crippen molar-refractivity contribution in [1.82, 2.24) is 10.6 Å². The summed E-state index contributed by atoms with van der Waals surface area (Å²) in [6.07, 6.45) is 1.21. The Balaban J connectivity index is 2.21. The molecule has 7 nitrogen and oxygen atoms in total. The SMILES string of the molecule is CC(=O)N/C(=C\c1ccc(F)cc1)C(=O)N[C@@H](Cc1ccc(O)cc1)C(=O)[O-]. The summed E-state index contributed by atoms with van der Waals surface area (Å²) in [4.78, 5) is 35.3. The normalized spacial score (nSPS) is 12.1. The number of carboxylic acid groups (broad SMARTS) is 1. The van der Waals surface area contributed by atoms with Gasteiger partial charge in [-0.1, -0.05) is 24.3 Å². The van der Waals surface area contributed by atoms with Gasteiger partial charge in [-0.15, -0.1) is 0 Å². The summed E-state index contributed by atoms with van der Waals surface area (Å²) in [6.45, 7) is 1.19. The van der Waals surface area contributed by atoms with Crippen LogP contribution in [0.15, 0.2) is 54.2 Å². The van der Waals surface area contributed by atoms with Crippen LogP contribution < -0.4 is 15.7 Å². The molecule has 2 rings (SSSR count). The van der Waals surface area contributed by atoms with Gasteiger partial charge < -0.3 is 25.6 Å². The number of phenols is 1. The average Bonchev–Trinajstić information content (AvgIpc) is 2.63. The van der Waals surface area contributed by atoms with Gasteiger partial charge in [-0.05, 0) is 47.9 Å². The molecule has 0 saturated carbocycles. The van der Waals surface area contributed by atoms with Gasteiger partial charge in [-0.3, -0.25) is 9.59 Å². The molecule has 0 radical (unpaired) electrons. The smallest absolute Gasteiger partial charge is 0.268 e. The van der Waals surface area contributed by atoms with Crippen molar-refractivity contribution in [3.8, 4) is 5.75 Å². The summed E-state index contributed by atoms with van der Waals surface area (Å²) in [5.74, 6) is -3.33. The molecule has 28 heavy (non-hydrogen) atoms. The van der Waals surface area contributed by atoms with Gasteiger partial charge in [0, 0.05) is 6.92 Å². The molecule has 2 amide bonds. The fourth-order valence-electron chi connectivity index (χ4n) is 2.37. The molecule has 0 unspecified atom stereocenters. The Labute approximate surface area is 160 Å². The maximum atomic E-state index is 13.0. The van der Waals surface area contributed by atoms with Crippen molar-refractivity contribution in [1.29, 1.82) is 0 Å². The van der Waals surface area contributed by atoms with Crippen LogP contribution in [0.3, 0.4) is 0 Å². The second-order valence-electron chi connectivity index (χ2n) is 6.01. The summed E-state index contributed by atoms with van der Waals surface area (Å²) in [5, 5.41) is 25.3. The maximum Gasteiger partial charge on any atom is 0.268 e. The van der Waals surface area contributed by atoms with E-state index in [0.29, 0.717) is 11.1 Å². The molecule has 8 heteroatoms. The quantitative estimate of drug-likeness (QED) is 0.600. The molecule has 0 bridgehead atoms. The lowest BCUT2D eigenvalue weighted by atomic mass is 10.1. The molecule has 0 aromatic heterocycles. The molecule has 0 saturated heterocycles. The number of carbonyl (C=O) groups is 3. The van der Waals surface area contributed by atoms with Crippen LogP contribution in [0.5, 0.6) is 5.75 Å².